The van der Waals surface area contributed by atoms with Gasteiger partial charge in [-0.2, -0.15) is 4.98 Å². The first-order valence-corrected chi connectivity index (χ1v) is 9.03. The fourth-order valence-electron chi connectivity index (χ4n) is 2.86. The zero-order valence-electron chi connectivity index (χ0n) is 16.2. The topological polar surface area (TPSA) is 149 Å². The van der Waals surface area contributed by atoms with E-state index in [0.717, 1.165) is 0 Å². The summed E-state index contributed by atoms with van der Waals surface area (Å²) in [4.78, 5) is 30.8. The zero-order chi connectivity index (χ0) is 21.0. The average molecular weight is 404 g/mol. The molecule has 5 N–H and O–H groups in total. The third kappa shape index (κ3) is 4.41. The maximum absolute atomic E-state index is 12.4. The second-order valence-electron chi connectivity index (χ2n) is 6.39. The van der Waals surface area contributed by atoms with Gasteiger partial charge in [-0.1, -0.05) is 0 Å². The van der Waals surface area contributed by atoms with Gasteiger partial charge in [0, 0.05) is 20.1 Å². The summed E-state index contributed by atoms with van der Waals surface area (Å²) >= 11 is 0. The molecule has 0 saturated carbocycles. The van der Waals surface area contributed by atoms with Gasteiger partial charge in [-0.3, -0.25) is 14.3 Å². The number of aliphatic hydroxyl groups is 1. The van der Waals surface area contributed by atoms with Crippen LogP contribution >= 0.6 is 0 Å². The van der Waals surface area contributed by atoms with Crippen LogP contribution in [-0.4, -0.2) is 57.1 Å². The van der Waals surface area contributed by atoms with Crippen molar-refractivity contribution in [3.8, 4) is 11.5 Å². The fraction of sp³-hybridized carbons (Fsp3) is 0.389. The fourth-order valence-corrected chi connectivity index (χ4v) is 2.86. The third-order valence-corrected chi connectivity index (χ3v) is 4.33. The Kier molecular flexibility index (Phi) is 6.20. The second-order valence-corrected chi connectivity index (χ2v) is 6.39. The highest BCUT2D eigenvalue weighted by Gasteiger charge is 2.19. The van der Waals surface area contributed by atoms with E-state index >= 15 is 0 Å². The van der Waals surface area contributed by atoms with Gasteiger partial charge in [0.1, 0.15) is 24.2 Å². The molecule has 0 unspecified atom stereocenters. The van der Waals surface area contributed by atoms with Crippen LogP contribution in [-0.2, 0) is 13.6 Å². The quantitative estimate of drug-likeness (QED) is 0.364. The number of aryl methyl sites for hydroxylation is 1. The molecule has 0 amide bonds. The summed E-state index contributed by atoms with van der Waals surface area (Å²) in [6.07, 6.45) is -0.940. The largest absolute Gasteiger partial charge is 0.497 e. The lowest BCUT2D eigenvalue weighted by molar-refractivity contribution is 0.0938. The molecule has 0 aliphatic heterocycles. The Morgan fingerprint density at radius 1 is 1.28 bits per heavy atom. The van der Waals surface area contributed by atoms with Crippen LogP contribution in [0, 0.1) is 0 Å². The molecule has 3 aromatic rings. The molecule has 0 spiro atoms. The maximum Gasteiger partial charge on any atom is 0.329 e. The van der Waals surface area contributed by atoms with Crippen molar-refractivity contribution in [3.05, 3.63) is 45.1 Å². The van der Waals surface area contributed by atoms with Gasteiger partial charge in [0.25, 0.3) is 5.56 Å². The first-order chi connectivity index (χ1) is 13.9. The van der Waals surface area contributed by atoms with Crippen molar-refractivity contribution in [2.75, 3.05) is 32.1 Å². The normalized spacial score (nSPS) is 12.1. The molecule has 11 nitrogen and oxygen atoms in total. The Balaban J connectivity index is 1.84. The Morgan fingerprint density at radius 2 is 1.97 bits per heavy atom. The van der Waals surface area contributed by atoms with Gasteiger partial charge in [-0.25, -0.2) is 4.79 Å². The predicted molar refractivity (Wildman–Crippen MR) is 108 cm³/mol. The van der Waals surface area contributed by atoms with E-state index in [1.165, 1.54) is 16.2 Å². The molecule has 1 atom stereocenters. The summed E-state index contributed by atoms with van der Waals surface area (Å²) in [5, 5.41) is 13.5. The SMILES string of the molecule is COc1ccc(OC[C@@H](O)Cn2c(NCCN)nc3c2c(=O)[nH]c(=O)n3C)cc1. The minimum atomic E-state index is -0.940. The van der Waals surface area contributed by atoms with Crippen molar-refractivity contribution in [2.45, 2.75) is 12.6 Å². The number of anilines is 1. The van der Waals surface area contributed by atoms with Crippen LogP contribution in [0.15, 0.2) is 33.9 Å². The van der Waals surface area contributed by atoms with Crippen molar-refractivity contribution in [1.29, 1.82) is 0 Å². The number of methoxy groups -OCH3 is 1. The molecule has 0 bridgehead atoms. The van der Waals surface area contributed by atoms with Gasteiger partial charge in [-0.15, -0.1) is 0 Å². The van der Waals surface area contributed by atoms with Crippen molar-refractivity contribution in [1.82, 2.24) is 19.1 Å². The number of aromatic amines is 1. The minimum absolute atomic E-state index is 0.00794. The number of nitrogens with two attached hydrogens (primary N) is 1. The molecule has 156 valence electrons. The number of ether oxygens (including phenoxy) is 2. The van der Waals surface area contributed by atoms with Crippen LogP contribution in [0.5, 0.6) is 11.5 Å². The number of nitrogens with zero attached hydrogens (tertiary/aromatic N) is 3. The average Bonchev–Trinajstić information content (AvgIpc) is 3.08. The Morgan fingerprint density at radius 3 is 2.62 bits per heavy atom. The van der Waals surface area contributed by atoms with E-state index in [1.54, 1.807) is 31.4 Å². The molecule has 2 heterocycles. The summed E-state index contributed by atoms with van der Waals surface area (Å²) in [7, 11) is 3.08. The van der Waals surface area contributed by atoms with Gasteiger partial charge in [0.05, 0.1) is 13.7 Å². The number of H-pyrrole nitrogens is 1. The van der Waals surface area contributed by atoms with E-state index in [0.29, 0.717) is 30.5 Å². The molecule has 0 radical (unpaired) electrons. The molecule has 3 rings (SSSR count). The Labute approximate surface area is 165 Å². The van der Waals surface area contributed by atoms with Crippen LogP contribution in [0.2, 0.25) is 0 Å². The lowest BCUT2D eigenvalue weighted by atomic mass is 10.3. The van der Waals surface area contributed by atoms with E-state index in [-0.39, 0.29) is 24.3 Å². The smallest absolute Gasteiger partial charge is 0.329 e. The highest BCUT2D eigenvalue weighted by molar-refractivity contribution is 5.74. The van der Waals surface area contributed by atoms with E-state index in [2.05, 4.69) is 15.3 Å². The summed E-state index contributed by atoms with van der Waals surface area (Å²) in [5.41, 5.74) is 4.77. The molecule has 0 fully saturated rings. The lowest BCUT2D eigenvalue weighted by Crippen LogP contribution is -2.31. The monoisotopic (exact) mass is 404 g/mol. The zero-order valence-corrected chi connectivity index (χ0v) is 16.2. The number of hydrogen-bond donors (Lipinski definition) is 4. The first kappa shape index (κ1) is 20.4. The molecular weight excluding hydrogens is 380 g/mol. The maximum atomic E-state index is 12.4. The first-order valence-electron chi connectivity index (χ1n) is 9.03. The van der Waals surface area contributed by atoms with E-state index in [4.69, 9.17) is 15.2 Å². The number of rotatable bonds is 9. The lowest BCUT2D eigenvalue weighted by Gasteiger charge is -2.16. The standard InChI is InChI=1S/C18H24N6O5/c1-23-15-14(16(26)22-18(23)27)24(17(21-15)20-8-7-19)9-11(25)10-29-13-5-3-12(28-2)4-6-13/h3-6,11,25H,7-10,19H2,1-2H3,(H,20,21)(H,22,26,27)/t11-/m0/s1. The van der Waals surface area contributed by atoms with Crippen LogP contribution in [0.25, 0.3) is 11.2 Å². The highest BCUT2D eigenvalue weighted by Crippen LogP contribution is 2.18. The van der Waals surface area contributed by atoms with Crippen molar-refractivity contribution < 1.29 is 14.6 Å². The number of hydrogen-bond acceptors (Lipinski definition) is 8. The van der Waals surface area contributed by atoms with E-state index < -0.39 is 17.4 Å². The highest BCUT2D eigenvalue weighted by atomic mass is 16.5. The minimum Gasteiger partial charge on any atom is -0.497 e. The van der Waals surface area contributed by atoms with Gasteiger partial charge in [0.15, 0.2) is 11.2 Å². The summed E-state index contributed by atoms with van der Waals surface area (Å²) in [6.45, 7) is 0.780. The summed E-state index contributed by atoms with van der Waals surface area (Å²) < 4.78 is 13.5. The molecular formula is C18H24N6O5. The summed E-state index contributed by atoms with van der Waals surface area (Å²) in [5.74, 6) is 1.60. The number of aliphatic hydroxyl groups excluding tert-OH is 1. The molecule has 29 heavy (non-hydrogen) atoms. The molecule has 1 aromatic carbocycles. The number of benzene rings is 1. The number of nitrogens with one attached hydrogen (secondary N) is 2. The van der Waals surface area contributed by atoms with Gasteiger partial charge in [0.2, 0.25) is 5.95 Å². The molecule has 0 saturated heterocycles. The molecule has 0 aliphatic carbocycles. The predicted octanol–water partition coefficient (Wildman–Crippen LogP) is -0.758. The number of imidazole rings is 1. The van der Waals surface area contributed by atoms with Crippen LogP contribution in [0.3, 0.4) is 0 Å². The van der Waals surface area contributed by atoms with Crippen LogP contribution < -0.4 is 31.8 Å². The molecule has 2 aromatic heterocycles. The molecule has 11 heteroatoms. The third-order valence-electron chi connectivity index (χ3n) is 4.33. The second kappa shape index (κ2) is 8.80. The number of fused-ring (bicyclic) bond motifs is 1. The summed E-state index contributed by atoms with van der Waals surface area (Å²) in [6, 6.07) is 6.96. The Hall–Kier alpha value is -3.31. The van der Waals surface area contributed by atoms with Crippen molar-refractivity contribution in [2.24, 2.45) is 12.8 Å². The number of aromatic nitrogens is 4. The van der Waals surface area contributed by atoms with E-state index in [1.807, 2.05) is 0 Å². The van der Waals surface area contributed by atoms with Crippen LogP contribution in [0.1, 0.15) is 0 Å². The molecule has 0 aliphatic rings. The van der Waals surface area contributed by atoms with Crippen LogP contribution in [0.4, 0.5) is 5.95 Å². The van der Waals surface area contributed by atoms with Gasteiger partial charge < -0.3 is 30.2 Å². The van der Waals surface area contributed by atoms with Gasteiger partial charge >= 0.3 is 5.69 Å². The van der Waals surface area contributed by atoms with Gasteiger partial charge in [-0.05, 0) is 24.3 Å². The van der Waals surface area contributed by atoms with Crippen molar-refractivity contribution >= 4 is 17.1 Å². The van der Waals surface area contributed by atoms with Crippen molar-refractivity contribution in [3.63, 3.8) is 0 Å². The Bertz CT molecular complexity index is 1090. The van der Waals surface area contributed by atoms with E-state index in [9.17, 15) is 14.7 Å².